The lowest BCUT2D eigenvalue weighted by molar-refractivity contribution is 0.545. The first-order valence-electron chi connectivity index (χ1n) is 34.2. The quantitative estimate of drug-likeness (QED) is 0.138. The molecular weight excluding hydrogens is 1370 g/mol. The maximum Gasteiger partial charge on any atom is 0.133 e. The van der Waals surface area contributed by atoms with E-state index in [1.807, 2.05) is 85.7 Å². The smallest absolute Gasteiger partial charge is 0.133 e. The van der Waals surface area contributed by atoms with E-state index in [1.54, 1.807) is 93.2 Å². The molecule has 0 aliphatic carbocycles. The monoisotopic (exact) mass is 1530 g/mol. The van der Waals surface area contributed by atoms with E-state index in [0.717, 1.165) is 34.3 Å². The molecule has 0 aromatic carbocycles. The Morgan fingerprint density at radius 3 is 0.793 bits per heavy atom. The molecule has 10 aromatic heterocycles. The van der Waals surface area contributed by atoms with Gasteiger partial charge in [-0.2, -0.15) is 20.4 Å². The average Bonchev–Trinajstić information content (AvgIpc) is 0.980. The van der Waals surface area contributed by atoms with Crippen molar-refractivity contribution < 1.29 is 0 Å². The standard InChI is InChI=1S/3C9H13N.7C8H12N2.11CH4/c1-9(2,3)8-4-6-10-7-5-8;1-9(2,3)8-5-4-6-10-7-8;1-9(2,3)8-6-4-5-7-10-8;1-8(2,3)7-4-9-6-10-5-7;2*1-8(2,3)7-6-9-4-5-10-7;1-8(2,3)7-4-5-9-6-10-7;1-8(2,3)7-4-5-9-10-6-7;1-8(2,3)7-9-5-4-6-10-7;1-8(2,3)7-5-4-6-9-10-7;;;;;;;;;;;/h3*4-7H,1-3H3;7*4-6H,1-3H3;11*1H4. The molecular formula is C94H167N17. The van der Waals surface area contributed by atoms with Crippen LogP contribution in [0.25, 0.3) is 0 Å². The summed E-state index contributed by atoms with van der Waals surface area (Å²) in [5.41, 5.74) is 12.0. The van der Waals surface area contributed by atoms with Crippen LogP contribution in [-0.2, 0) is 54.1 Å². The number of pyridine rings is 3. The van der Waals surface area contributed by atoms with Gasteiger partial charge in [-0.15, -0.1) is 0 Å². The van der Waals surface area contributed by atoms with E-state index in [4.69, 9.17) is 0 Å². The van der Waals surface area contributed by atoms with Gasteiger partial charge in [0.2, 0.25) is 0 Å². The third-order valence-electron chi connectivity index (χ3n) is 14.0. The van der Waals surface area contributed by atoms with Crippen LogP contribution in [-0.4, -0.2) is 85.2 Å². The van der Waals surface area contributed by atoms with Gasteiger partial charge in [-0.1, -0.05) is 302 Å². The van der Waals surface area contributed by atoms with E-state index in [-0.39, 0.29) is 136 Å². The lowest BCUT2D eigenvalue weighted by atomic mass is 9.88. The van der Waals surface area contributed by atoms with Crippen molar-refractivity contribution in [2.45, 2.75) is 344 Å². The van der Waals surface area contributed by atoms with Gasteiger partial charge in [0.25, 0.3) is 0 Å². The Bertz CT molecular complexity index is 2800. The zero-order valence-corrected chi connectivity index (χ0v) is 66.7. The van der Waals surface area contributed by atoms with Crippen LogP contribution >= 0.6 is 0 Å². The van der Waals surface area contributed by atoms with Gasteiger partial charge in [0, 0.05) is 155 Å². The maximum absolute atomic E-state index is 4.25. The van der Waals surface area contributed by atoms with Gasteiger partial charge in [-0.05, 0) is 105 Å². The van der Waals surface area contributed by atoms with E-state index < -0.39 is 0 Å². The highest BCUT2D eigenvalue weighted by Crippen LogP contribution is 2.25. The summed E-state index contributed by atoms with van der Waals surface area (Å²) < 4.78 is 0. The third kappa shape index (κ3) is 57.7. The van der Waals surface area contributed by atoms with Crippen molar-refractivity contribution in [2.24, 2.45) is 0 Å². The summed E-state index contributed by atoms with van der Waals surface area (Å²) in [6.07, 6.45) is 37.0. The molecule has 0 bridgehead atoms. The van der Waals surface area contributed by atoms with Crippen LogP contribution in [0.2, 0.25) is 0 Å². The lowest BCUT2D eigenvalue weighted by Gasteiger charge is -2.17. The van der Waals surface area contributed by atoms with E-state index in [2.05, 4.69) is 317 Å². The van der Waals surface area contributed by atoms with Crippen LogP contribution < -0.4 is 0 Å². The summed E-state index contributed by atoms with van der Waals surface area (Å²) in [4.78, 5) is 52.8. The minimum atomic E-state index is 0. The Hall–Kier alpha value is -8.99. The molecule has 10 heterocycles. The Kier molecular flexibility index (Phi) is 66.6. The number of rotatable bonds is 0. The van der Waals surface area contributed by atoms with Gasteiger partial charge < -0.3 is 0 Å². The summed E-state index contributed by atoms with van der Waals surface area (Å²) in [6.45, 7) is 64.3. The van der Waals surface area contributed by atoms with Gasteiger partial charge in [-0.3, -0.25) is 34.9 Å². The first kappa shape index (κ1) is 126. The Morgan fingerprint density at radius 1 is 0.180 bits per heavy atom. The van der Waals surface area contributed by atoms with Gasteiger partial charge >= 0.3 is 0 Å². The topological polar surface area (TPSA) is 219 Å². The third-order valence-corrected chi connectivity index (χ3v) is 14.0. The van der Waals surface area contributed by atoms with Crippen LogP contribution in [0.3, 0.4) is 0 Å². The number of aromatic nitrogens is 17. The van der Waals surface area contributed by atoms with Crippen LogP contribution in [0.15, 0.2) is 203 Å². The second-order valence-corrected chi connectivity index (χ2v) is 33.9. The first-order valence-corrected chi connectivity index (χ1v) is 34.2. The molecule has 0 aliphatic heterocycles. The molecule has 0 N–H and O–H groups in total. The van der Waals surface area contributed by atoms with E-state index in [1.165, 1.54) is 22.3 Å². The second-order valence-electron chi connectivity index (χ2n) is 33.9. The fourth-order valence-electron chi connectivity index (χ4n) is 7.38. The van der Waals surface area contributed by atoms with Crippen LogP contribution in [0.5, 0.6) is 0 Å². The summed E-state index contributed by atoms with van der Waals surface area (Å²) in [5, 5.41) is 15.3. The first-order chi connectivity index (χ1) is 46.1. The van der Waals surface area contributed by atoms with E-state index >= 15 is 0 Å². The summed E-state index contributed by atoms with van der Waals surface area (Å²) in [6, 6.07) is 23.9. The van der Waals surface area contributed by atoms with Crippen molar-refractivity contribution in [3.8, 4) is 0 Å². The molecule has 0 aliphatic rings. The molecule has 10 aromatic rings. The Morgan fingerprint density at radius 2 is 0.550 bits per heavy atom. The molecule has 17 nitrogen and oxygen atoms in total. The zero-order valence-electron chi connectivity index (χ0n) is 66.7. The van der Waals surface area contributed by atoms with Crippen LogP contribution in [0.4, 0.5) is 0 Å². The average molecular weight is 1540 g/mol. The van der Waals surface area contributed by atoms with Crippen LogP contribution in [0, 0.1) is 0 Å². The highest BCUT2D eigenvalue weighted by atomic mass is 15.1. The van der Waals surface area contributed by atoms with Crippen molar-refractivity contribution >= 4 is 0 Å². The minimum absolute atomic E-state index is 0. The normalized spacial score (nSPS) is 10.4. The van der Waals surface area contributed by atoms with Crippen molar-refractivity contribution in [1.82, 2.24) is 85.2 Å². The van der Waals surface area contributed by atoms with Gasteiger partial charge in [-0.25, -0.2) is 29.9 Å². The molecule has 0 saturated heterocycles. The van der Waals surface area contributed by atoms with E-state index in [0.29, 0.717) is 0 Å². The summed E-state index contributed by atoms with van der Waals surface area (Å²) in [7, 11) is 0. The maximum atomic E-state index is 4.25. The Balaban J connectivity index is -0.000000110. The molecule has 628 valence electrons. The number of nitrogens with zero attached hydrogens (tertiary/aromatic N) is 17. The summed E-state index contributed by atoms with van der Waals surface area (Å²) in [5.74, 6) is 0.898. The van der Waals surface area contributed by atoms with Gasteiger partial charge in [0.05, 0.1) is 23.3 Å². The molecule has 0 fully saturated rings. The predicted molar refractivity (Wildman–Crippen MR) is 488 cm³/mol. The molecule has 0 spiro atoms. The molecule has 0 radical (unpaired) electrons. The highest BCUT2D eigenvalue weighted by molar-refractivity contribution is 5.21. The fraction of sp³-hybridized carbons (Fsp3) is 0.543. The molecule has 17 heteroatoms. The lowest BCUT2D eigenvalue weighted by Crippen LogP contribution is -2.14. The van der Waals surface area contributed by atoms with Crippen molar-refractivity contribution in [3.63, 3.8) is 0 Å². The van der Waals surface area contributed by atoms with Crippen molar-refractivity contribution in [2.75, 3.05) is 0 Å². The number of hydrogen-bond acceptors (Lipinski definition) is 17. The minimum Gasteiger partial charge on any atom is -0.265 e. The van der Waals surface area contributed by atoms with Gasteiger partial charge in [0.15, 0.2) is 0 Å². The van der Waals surface area contributed by atoms with Crippen molar-refractivity contribution in [3.05, 3.63) is 260 Å². The fourth-order valence-corrected chi connectivity index (χ4v) is 7.38. The van der Waals surface area contributed by atoms with Gasteiger partial charge in [0.1, 0.15) is 18.5 Å². The van der Waals surface area contributed by atoms with Crippen LogP contribution in [0.1, 0.15) is 346 Å². The Labute approximate surface area is 684 Å². The molecule has 0 amide bonds. The number of hydrogen-bond donors (Lipinski definition) is 0. The molecule has 0 unspecified atom stereocenters. The second kappa shape index (κ2) is 58.9. The molecule has 111 heavy (non-hydrogen) atoms. The van der Waals surface area contributed by atoms with Crippen molar-refractivity contribution in [1.29, 1.82) is 0 Å². The summed E-state index contributed by atoms with van der Waals surface area (Å²) >= 11 is 0. The molecule has 0 saturated carbocycles. The zero-order chi connectivity index (χ0) is 76.1. The molecule has 10 rings (SSSR count). The van der Waals surface area contributed by atoms with E-state index in [9.17, 15) is 0 Å². The SMILES string of the molecule is C.C.C.C.C.C.C.C.C.C.C.CC(C)(C)c1ccccn1.CC(C)(C)c1cccnc1.CC(C)(C)c1cccnn1.CC(C)(C)c1ccncc1.CC(C)(C)c1ccncn1.CC(C)(C)c1ccnnc1.CC(C)(C)c1cnccn1.CC(C)(C)c1cnccn1.CC(C)(C)c1cncnc1.CC(C)(C)c1ncccn1. The molecule has 0 atom stereocenters. The largest absolute Gasteiger partial charge is 0.265 e. The predicted octanol–water partition coefficient (Wildman–Crippen LogP) is 26.6. The highest BCUT2D eigenvalue weighted by Gasteiger charge is 2.20.